The van der Waals surface area contributed by atoms with Crippen LogP contribution in [0.1, 0.15) is 23.3 Å². The maximum Gasteiger partial charge on any atom is 0.270 e. The average Bonchev–Trinajstić information content (AvgIpc) is 2.96. The van der Waals surface area contributed by atoms with Crippen molar-refractivity contribution in [2.75, 3.05) is 6.61 Å². The van der Waals surface area contributed by atoms with E-state index in [9.17, 15) is 9.90 Å². The van der Waals surface area contributed by atoms with Gasteiger partial charge in [0.1, 0.15) is 5.69 Å². The Labute approximate surface area is 117 Å². The summed E-state index contributed by atoms with van der Waals surface area (Å²) in [6.45, 7) is -0.0701. The fourth-order valence-corrected chi connectivity index (χ4v) is 2.47. The molecule has 102 valence electrons. The lowest BCUT2D eigenvalue weighted by molar-refractivity contribution is 0.0840. The van der Waals surface area contributed by atoms with E-state index in [4.69, 9.17) is 0 Å². The normalized spacial score (nSPS) is 16.4. The largest absolute Gasteiger partial charge is 0.394 e. The number of aliphatic hydroxyl groups excluding tert-OH is 1. The third kappa shape index (κ3) is 2.30. The molecule has 1 amide bonds. The van der Waals surface area contributed by atoms with E-state index in [1.54, 1.807) is 6.07 Å². The first-order valence-corrected chi connectivity index (χ1v) is 6.67. The molecular formula is C16H16N2O2. The Morgan fingerprint density at radius 1 is 1.20 bits per heavy atom. The molecule has 0 saturated heterocycles. The number of benzene rings is 1. The second kappa shape index (κ2) is 5.06. The highest BCUT2D eigenvalue weighted by atomic mass is 16.3. The predicted octanol–water partition coefficient (Wildman–Crippen LogP) is 2.05. The van der Waals surface area contributed by atoms with Crippen molar-refractivity contribution in [1.82, 2.24) is 10.3 Å². The van der Waals surface area contributed by atoms with Crippen LogP contribution < -0.4 is 5.32 Å². The molecule has 1 aliphatic carbocycles. The van der Waals surface area contributed by atoms with Crippen LogP contribution in [0.2, 0.25) is 0 Å². The van der Waals surface area contributed by atoms with Gasteiger partial charge in [-0.2, -0.15) is 0 Å². The first kappa shape index (κ1) is 12.8. The van der Waals surface area contributed by atoms with Crippen LogP contribution in [0.15, 0.2) is 48.6 Å². The van der Waals surface area contributed by atoms with Crippen molar-refractivity contribution in [2.24, 2.45) is 0 Å². The second-order valence-electron chi connectivity index (χ2n) is 5.16. The van der Waals surface area contributed by atoms with E-state index in [2.05, 4.69) is 10.3 Å². The third-order valence-electron chi connectivity index (χ3n) is 3.70. The topological polar surface area (TPSA) is 62.2 Å². The molecule has 0 saturated carbocycles. The summed E-state index contributed by atoms with van der Waals surface area (Å²) in [6, 6.07) is 11.3. The Balaban J connectivity index is 1.85. The standard InChI is InChI=1S/C16H16N2O2/c19-11-16(9-3-4-10-16)18-15(20)14-8-7-12-5-1-2-6-13(12)17-14/h1-8,19H,9-11H2,(H,18,20). The predicted molar refractivity (Wildman–Crippen MR) is 77.4 cm³/mol. The highest BCUT2D eigenvalue weighted by Gasteiger charge is 2.32. The molecule has 2 aromatic rings. The molecule has 0 atom stereocenters. The van der Waals surface area contributed by atoms with E-state index in [0.717, 1.165) is 10.9 Å². The Bertz CT molecular complexity index is 671. The average molecular weight is 268 g/mol. The molecule has 20 heavy (non-hydrogen) atoms. The number of para-hydroxylation sites is 1. The number of nitrogens with one attached hydrogen (secondary N) is 1. The zero-order chi connectivity index (χ0) is 14.0. The highest BCUT2D eigenvalue weighted by Crippen LogP contribution is 2.23. The first-order valence-electron chi connectivity index (χ1n) is 6.67. The SMILES string of the molecule is O=C(NC1(CO)CC=CC1)c1ccc2ccccc2n1. The summed E-state index contributed by atoms with van der Waals surface area (Å²) < 4.78 is 0. The minimum absolute atomic E-state index is 0.0701. The molecule has 0 radical (unpaired) electrons. The number of fused-ring (bicyclic) bond motifs is 1. The van der Waals surface area contributed by atoms with Gasteiger partial charge in [0.2, 0.25) is 0 Å². The summed E-state index contributed by atoms with van der Waals surface area (Å²) in [4.78, 5) is 16.7. The summed E-state index contributed by atoms with van der Waals surface area (Å²) in [5.41, 5.74) is 0.607. The molecule has 3 rings (SSSR count). The lowest BCUT2D eigenvalue weighted by Gasteiger charge is -2.27. The number of nitrogens with zero attached hydrogens (tertiary/aromatic N) is 1. The van der Waals surface area contributed by atoms with Crippen molar-refractivity contribution >= 4 is 16.8 Å². The Kier molecular flexibility index (Phi) is 3.24. The lowest BCUT2D eigenvalue weighted by atomic mass is 9.97. The fourth-order valence-electron chi connectivity index (χ4n) is 2.47. The zero-order valence-electron chi connectivity index (χ0n) is 11.0. The molecule has 0 fully saturated rings. The molecule has 0 unspecified atom stereocenters. The van der Waals surface area contributed by atoms with Crippen LogP contribution >= 0.6 is 0 Å². The smallest absolute Gasteiger partial charge is 0.270 e. The van der Waals surface area contributed by atoms with Crippen LogP contribution in [0, 0.1) is 0 Å². The van der Waals surface area contributed by atoms with Crippen LogP contribution in [0.4, 0.5) is 0 Å². The number of carbonyl (C=O) groups is 1. The summed E-state index contributed by atoms with van der Waals surface area (Å²) in [5.74, 6) is -0.242. The van der Waals surface area contributed by atoms with Crippen molar-refractivity contribution in [2.45, 2.75) is 18.4 Å². The zero-order valence-corrected chi connectivity index (χ0v) is 11.0. The van der Waals surface area contributed by atoms with Gasteiger partial charge in [-0.3, -0.25) is 4.79 Å². The van der Waals surface area contributed by atoms with Crippen LogP contribution in [-0.4, -0.2) is 28.1 Å². The summed E-state index contributed by atoms with van der Waals surface area (Å²) in [7, 11) is 0. The van der Waals surface area contributed by atoms with E-state index in [0.29, 0.717) is 18.5 Å². The number of amides is 1. The quantitative estimate of drug-likeness (QED) is 0.837. The van der Waals surface area contributed by atoms with Crippen molar-refractivity contribution in [1.29, 1.82) is 0 Å². The maximum absolute atomic E-state index is 12.3. The van der Waals surface area contributed by atoms with Crippen LogP contribution in [0.25, 0.3) is 10.9 Å². The van der Waals surface area contributed by atoms with E-state index >= 15 is 0 Å². The van der Waals surface area contributed by atoms with Gasteiger partial charge in [-0.25, -0.2) is 4.98 Å². The van der Waals surface area contributed by atoms with Crippen molar-refractivity contribution in [3.05, 3.63) is 54.2 Å². The van der Waals surface area contributed by atoms with Crippen molar-refractivity contribution in [3.8, 4) is 0 Å². The van der Waals surface area contributed by atoms with Gasteiger partial charge in [-0.1, -0.05) is 36.4 Å². The number of carbonyl (C=O) groups excluding carboxylic acids is 1. The molecular weight excluding hydrogens is 252 g/mol. The molecule has 1 aromatic carbocycles. The van der Waals surface area contributed by atoms with Crippen LogP contribution in [0.5, 0.6) is 0 Å². The molecule has 4 heteroatoms. The van der Waals surface area contributed by atoms with Gasteiger partial charge in [0, 0.05) is 5.39 Å². The van der Waals surface area contributed by atoms with Gasteiger partial charge in [-0.05, 0) is 25.0 Å². The number of hydrogen-bond donors (Lipinski definition) is 2. The Hall–Kier alpha value is -2.20. The Morgan fingerprint density at radius 3 is 2.70 bits per heavy atom. The van der Waals surface area contributed by atoms with E-state index in [-0.39, 0.29) is 12.5 Å². The third-order valence-corrected chi connectivity index (χ3v) is 3.70. The van der Waals surface area contributed by atoms with Crippen molar-refractivity contribution in [3.63, 3.8) is 0 Å². The molecule has 0 spiro atoms. The number of aliphatic hydroxyl groups is 1. The number of pyridine rings is 1. The molecule has 0 aliphatic heterocycles. The van der Waals surface area contributed by atoms with Crippen LogP contribution in [0.3, 0.4) is 0 Å². The minimum Gasteiger partial charge on any atom is -0.394 e. The fraction of sp³-hybridized carbons (Fsp3) is 0.250. The van der Waals surface area contributed by atoms with Gasteiger partial charge in [-0.15, -0.1) is 0 Å². The molecule has 4 nitrogen and oxygen atoms in total. The number of rotatable bonds is 3. The minimum atomic E-state index is -0.565. The van der Waals surface area contributed by atoms with E-state index < -0.39 is 5.54 Å². The summed E-state index contributed by atoms with van der Waals surface area (Å²) in [5, 5.41) is 13.4. The van der Waals surface area contributed by atoms with E-state index in [1.807, 2.05) is 42.5 Å². The molecule has 1 aromatic heterocycles. The van der Waals surface area contributed by atoms with Gasteiger partial charge >= 0.3 is 0 Å². The first-order chi connectivity index (χ1) is 9.72. The van der Waals surface area contributed by atoms with Gasteiger partial charge in [0.25, 0.3) is 5.91 Å². The molecule has 1 aliphatic rings. The van der Waals surface area contributed by atoms with Crippen LogP contribution in [-0.2, 0) is 0 Å². The highest BCUT2D eigenvalue weighted by molar-refractivity contribution is 5.95. The van der Waals surface area contributed by atoms with Crippen molar-refractivity contribution < 1.29 is 9.90 Å². The van der Waals surface area contributed by atoms with E-state index in [1.165, 1.54) is 0 Å². The molecule has 0 bridgehead atoms. The van der Waals surface area contributed by atoms with Gasteiger partial charge in [0.05, 0.1) is 17.7 Å². The molecule has 1 heterocycles. The molecule has 2 N–H and O–H groups in total. The van der Waals surface area contributed by atoms with Gasteiger partial charge < -0.3 is 10.4 Å². The summed E-state index contributed by atoms with van der Waals surface area (Å²) in [6.07, 6.45) is 5.26. The van der Waals surface area contributed by atoms with Gasteiger partial charge in [0.15, 0.2) is 0 Å². The maximum atomic E-state index is 12.3. The monoisotopic (exact) mass is 268 g/mol. The second-order valence-corrected chi connectivity index (χ2v) is 5.16. The number of hydrogen-bond acceptors (Lipinski definition) is 3. The number of aromatic nitrogens is 1. The lowest BCUT2D eigenvalue weighted by Crippen LogP contribution is -2.49. The summed E-state index contributed by atoms with van der Waals surface area (Å²) >= 11 is 0. The Morgan fingerprint density at radius 2 is 1.95 bits per heavy atom.